The van der Waals surface area contributed by atoms with Crippen molar-refractivity contribution >= 4 is 27.5 Å². The summed E-state index contributed by atoms with van der Waals surface area (Å²) in [5, 5.41) is 0. The summed E-state index contributed by atoms with van der Waals surface area (Å²) in [5.74, 6) is 0.191. The average molecular weight is 352 g/mol. The Morgan fingerprint density at radius 1 is 1.05 bits per heavy atom. The highest BCUT2D eigenvalue weighted by molar-refractivity contribution is 9.10. The molecule has 0 unspecified atom stereocenters. The number of hydrogen-bond donors (Lipinski definition) is 0. The SMILES string of the molecule is C[C@@]1(C(F)(F)Br)OC(c2ccccc2)=Nc2ccccc21. The van der Waals surface area contributed by atoms with Crippen molar-refractivity contribution in [3.05, 3.63) is 65.7 Å². The van der Waals surface area contributed by atoms with Gasteiger partial charge in [-0.1, -0.05) is 36.4 Å². The van der Waals surface area contributed by atoms with Gasteiger partial charge in [0.2, 0.25) is 11.5 Å². The minimum absolute atomic E-state index is 0.191. The van der Waals surface area contributed by atoms with Crippen LogP contribution in [0.3, 0.4) is 0 Å². The first-order chi connectivity index (χ1) is 9.92. The Balaban J connectivity index is 2.19. The third-order valence-electron chi connectivity index (χ3n) is 3.50. The fourth-order valence-electron chi connectivity index (χ4n) is 2.27. The molecular weight excluding hydrogens is 340 g/mol. The molecule has 0 aromatic heterocycles. The van der Waals surface area contributed by atoms with Crippen LogP contribution in [0, 0.1) is 0 Å². The summed E-state index contributed by atoms with van der Waals surface area (Å²) in [5.41, 5.74) is -0.318. The molecule has 1 aliphatic heterocycles. The van der Waals surface area contributed by atoms with Gasteiger partial charge < -0.3 is 4.74 Å². The van der Waals surface area contributed by atoms with Crippen LogP contribution < -0.4 is 0 Å². The average Bonchev–Trinajstić information content (AvgIpc) is 2.47. The molecule has 2 aromatic carbocycles. The van der Waals surface area contributed by atoms with Crippen LogP contribution in [-0.2, 0) is 10.3 Å². The summed E-state index contributed by atoms with van der Waals surface area (Å²) in [4.78, 5) is 1.13. The first kappa shape index (κ1) is 14.2. The second-order valence-electron chi connectivity index (χ2n) is 4.93. The molecule has 0 spiro atoms. The molecule has 0 saturated carbocycles. The molecule has 0 aliphatic carbocycles. The highest BCUT2D eigenvalue weighted by atomic mass is 79.9. The molecule has 2 nitrogen and oxygen atoms in total. The summed E-state index contributed by atoms with van der Waals surface area (Å²) in [6.45, 7) is 1.36. The van der Waals surface area contributed by atoms with Crippen LogP contribution >= 0.6 is 15.9 Å². The number of halogens is 3. The quantitative estimate of drug-likeness (QED) is 0.697. The minimum Gasteiger partial charge on any atom is -0.458 e. The van der Waals surface area contributed by atoms with Gasteiger partial charge in [0, 0.05) is 11.1 Å². The van der Waals surface area contributed by atoms with Gasteiger partial charge in [-0.3, -0.25) is 0 Å². The Morgan fingerprint density at radius 3 is 2.33 bits per heavy atom. The number of fused-ring (bicyclic) bond motifs is 1. The predicted molar refractivity (Wildman–Crippen MR) is 81.4 cm³/mol. The fraction of sp³-hybridized carbons (Fsp3) is 0.188. The van der Waals surface area contributed by atoms with Crippen LogP contribution in [0.5, 0.6) is 0 Å². The van der Waals surface area contributed by atoms with Crippen LogP contribution in [0.2, 0.25) is 0 Å². The van der Waals surface area contributed by atoms with E-state index in [1.165, 1.54) is 6.92 Å². The van der Waals surface area contributed by atoms with Crippen molar-refractivity contribution in [3.8, 4) is 0 Å². The van der Waals surface area contributed by atoms with E-state index >= 15 is 0 Å². The van der Waals surface area contributed by atoms with E-state index in [1.54, 1.807) is 36.4 Å². The lowest BCUT2D eigenvalue weighted by atomic mass is 9.93. The molecule has 1 aliphatic rings. The molecule has 21 heavy (non-hydrogen) atoms. The van der Waals surface area contributed by atoms with Crippen molar-refractivity contribution in [1.29, 1.82) is 0 Å². The zero-order chi connectivity index (χ0) is 15.1. The van der Waals surface area contributed by atoms with Crippen LogP contribution in [0.15, 0.2) is 59.6 Å². The Kier molecular flexibility index (Phi) is 3.32. The van der Waals surface area contributed by atoms with Crippen molar-refractivity contribution in [2.75, 3.05) is 0 Å². The summed E-state index contributed by atoms with van der Waals surface area (Å²) in [7, 11) is 0. The lowest BCUT2D eigenvalue weighted by molar-refractivity contribution is -0.0995. The van der Waals surface area contributed by atoms with E-state index in [0.29, 0.717) is 16.8 Å². The Hall–Kier alpha value is -1.75. The second-order valence-corrected chi connectivity index (χ2v) is 5.93. The van der Waals surface area contributed by atoms with Gasteiger partial charge in [0.1, 0.15) is 0 Å². The van der Waals surface area contributed by atoms with E-state index < -0.39 is 10.4 Å². The van der Waals surface area contributed by atoms with E-state index in [1.807, 2.05) is 18.2 Å². The van der Waals surface area contributed by atoms with Crippen molar-refractivity contribution in [1.82, 2.24) is 0 Å². The van der Waals surface area contributed by atoms with Crippen molar-refractivity contribution in [2.45, 2.75) is 17.4 Å². The van der Waals surface area contributed by atoms with Crippen LogP contribution in [-0.4, -0.2) is 10.7 Å². The van der Waals surface area contributed by atoms with E-state index in [2.05, 4.69) is 20.9 Å². The third kappa shape index (κ3) is 2.35. The summed E-state index contributed by atoms with van der Waals surface area (Å²) in [6.07, 6.45) is 0. The van der Waals surface area contributed by atoms with Gasteiger partial charge in [0.05, 0.1) is 5.69 Å². The third-order valence-corrected chi connectivity index (χ3v) is 4.26. The lowest BCUT2D eigenvalue weighted by Gasteiger charge is -2.38. The first-order valence-electron chi connectivity index (χ1n) is 6.41. The summed E-state index contributed by atoms with van der Waals surface area (Å²) >= 11 is 2.45. The molecule has 5 heteroatoms. The van der Waals surface area contributed by atoms with Crippen LogP contribution in [0.25, 0.3) is 0 Å². The maximum absolute atomic E-state index is 14.1. The van der Waals surface area contributed by atoms with Gasteiger partial charge in [0.25, 0.3) is 0 Å². The zero-order valence-corrected chi connectivity index (χ0v) is 12.8. The van der Waals surface area contributed by atoms with Gasteiger partial charge in [-0.2, -0.15) is 8.78 Å². The molecule has 3 rings (SSSR count). The Bertz CT molecular complexity index is 697. The van der Waals surface area contributed by atoms with E-state index in [0.717, 1.165) is 0 Å². The van der Waals surface area contributed by atoms with Gasteiger partial charge >= 0.3 is 4.83 Å². The lowest BCUT2D eigenvalue weighted by Crippen LogP contribution is -2.44. The number of nitrogens with zero attached hydrogens (tertiary/aromatic N) is 1. The van der Waals surface area contributed by atoms with Gasteiger partial charge in [-0.15, -0.1) is 0 Å². The molecule has 2 aromatic rings. The van der Waals surface area contributed by atoms with Crippen molar-refractivity contribution < 1.29 is 13.5 Å². The molecule has 0 N–H and O–H groups in total. The minimum atomic E-state index is -3.23. The molecule has 0 radical (unpaired) electrons. The fourth-order valence-corrected chi connectivity index (χ4v) is 2.56. The number of rotatable bonds is 2. The van der Waals surface area contributed by atoms with Crippen LogP contribution in [0.4, 0.5) is 14.5 Å². The molecule has 0 saturated heterocycles. The number of alkyl halides is 3. The van der Waals surface area contributed by atoms with E-state index in [9.17, 15) is 8.78 Å². The molecule has 0 fully saturated rings. The maximum Gasteiger partial charge on any atom is 0.344 e. The van der Waals surface area contributed by atoms with E-state index in [-0.39, 0.29) is 5.90 Å². The highest BCUT2D eigenvalue weighted by Gasteiger charge is 2.55. The molecule has 108 valence electrons. The molecule has 0 bridgehead atoms. The Morgan fingerprint density at radius 2 is 1.67 bits per heavy atom. The second kappa shape index (κ2) is 4.91. The number of para-hydroxylation sites is 1. The topological polar surface area (TPSA) is 21.6 Å². The summed E-state index contributed by atoms with van der Waals surface area (Å²) < 4.78 is 33.8. The standard InChI is InChI=1S/C16H12BrF2NO/c1-15(16(17,18)19)12-9-5-6-10-13(12)20-14(21-15)11-7-3-2-4-8-11/h2-10H,1H3/t15-/m1/s1. The number of aliphatic imine (C=N–C) groups is 1. The number of benzene rings is 2. The first-order valence-corrected chi connectivity index (χ1v) is 7.20. The van der Waals surface area contributed by atoms with Crippen molar-refractivity contribution in [3.63, 3.8) is 0 Å². The molecule has 0 amide bonds. The van der Waals surface area contributed by atoms with Gasteiger partial charge in [-0.05, 0) is 41.1 Å². The van der Waals surface area contributed by atoms with Gasteiger partial charge in [-0.25, -0.2) is 4.99 Å². The normalized spacial score (nSPS) is 21.2. The molecule has 1 heterocycles. The molecular formula is C16H12BrF2NO. The largest absolute Gasteiger partial charge is 0.458 e. The highest BCUT2D eigenvalue weighted by Crippen LogP contribution is 2.50. The Labute approximate surface area is 129 Å². The van der Waals surface area contributed by atoms with Crippen molar-refractivity contribution in [2.24, 2.45) is 4.99 Å². The van der Waals surface area contributed by atoms with E-state index in [4.69, 9.17) is 4.74 Å². The van der Waals surface area contributed by atoms with Gasteiger partial charge in [0.15, 0.2) is 0 Å². The smallest absolute Gasteiger partial charge is 0.344 e. The monoisotopic (exact) mass is 351 g/mol. The predicted octanol–water partition coefficient (Wildman–Crippen LogP) is 5.00. The zero-order valence-electron chi connectivity index (χ0n) is 11.2. The maximum atomic E-state index is 14.1. The molecule has 1 atom stereocenters. The number of hydrogen-bond acceptors (Lipinski definition) is 2. The number of ether oxygens (including phenoxy) is 1. The summed E-state index contributed by atoms with van der Waals surface area (Å²) in [6, 6.07) is 15.8. The van der Waals surface area contributed by atoms with Crippen LogP contribution in [0.1, 0.15) is 18.1 Å².